The van der Waals surface area contributed by atoms with E-state index in [-0.39, 0.29) is 5.41 Å². The second-order valence-electron chi connectivity index (χ2n) is 6.70. The Morgan fingerprint density at radius 3 is 2.52 bits per heavy atom. The minimum Gasteiger partial charge on any atom is -0.382 e. The smallest absolute Gasteiger partial charge is 0.222 e. The summed E-state index contributed by atoms with van der Waals surface area (Å²) in [5, 5.41) is 4.22. The first kappa shape index (κ1) is 17.7. The van der Waals surface area contributed by atoms with Gasteiger partial charge in [-0.25, -0.2) is 19.3 Å². The average molecular weight is 383 g/mol. The van der Waals surface area contributed by atoms with Crippen LogP contribution in [0.3, 0.4) is 0 Å². The minimum atomic E-state index is -0.800. The van der Waals surface area contributed by atoms with E-state index in [2.05, 4.69) is 39.5 Å². The van der Waals surface area contributed by atoms with Crippen LogP contribution in [0.5, 0.6) is 0 Å². The van der Waals surface area contributed by atoms with E-state index in [1.54, 1.807) is 24.8 Å². The van der Waals surface area contributed by atoms with Gasteiger partial charge in [-0.1, -0.05) is 6.07 Å². The van der Waals surface area contributed by atoms with Crippen molar-refractivity contribution in [2.45, 2.75) is 24.4 Å². The van der Waals surface area contributed by atoms with Crippen LogP contribution in [-0.2, 0) is 5.41 Å². The molecule has 1 saturated carbocycles. The molecule has 7 nitrogen and oxygen atoms in total. The topological polar surface area (TPSA) is 102 Å². The molecular weight excluding hydrogens is 364 g/mol. The molecule has 0 radical (unpaired) electrons. The number of hydrogen-bond donors (Lipinski definition) is 2. The molecule has 138 valence electrons. The summed E-state index contributed by atoms with van der Waals surface area (Å²) >= 11 is 0. The third-order valence-corrected chi connectivity index (χ3v) is 5.24. The van der Waals surface area contributed by atoms with Crippen LogP contribution >= 0.6 is 9.24 Å². The Bertz CT molecular complexity index is 927. The van der Waals surface area contributed by atoms with Crippen LogP contribution in [0.25, 0.3) is 11.3 Å². The van der Waals surface area contributed by atoms with Crippen molar-refractivity contribution >= 4 is 26.3 Å². The van der Waals surface area contributed by atoms with E-state index in [9.17, 15) is 4.39 Å². The largest absolute Gasteiger partial charge is 0.382 e. The number of nitrogens with one attached hydrogen (secondary N) is 1. The number of aromatic nitrogens is 5. The molecule has 0 saturated heterocycles. The summed E-state index contributed by atoms with van der Waals surface area (Å²) in [5.41, 5.74) is 7.50. The van der Waals surface area contributed by atoms with Gasteiger partial charge in [-0.05, 0) is 24.2 Å². The molecule has 1 atom stereocenters. The van der Waals surface area contributed by atoms with Gasteiger partial charge in [0.25, 0.3) is 0 Å². The highest BCUT2D eigenvalue weighted by Gasteiger charge is 2.47. The quantitative estimate of drug-likeness (QED) is 0.649. The fourth-order valence-electron chi connectivity index (χ4n) is 3.36. The highest BCUT2D eigenvalue weighted by molar-refractivity contribution is 7.27. The first-order chi connectivity index (χ1) is 13.1. The molecule has 3 heterocycles. The van der Waals surface area contributed by atoms with Crippen LogP contribution in [0.2, 0.25) is 0 Å². The Hall–Kier alpha value is -2.73. The van der Waals surface area contributed by atoms with E-state index in [0.29, 0.717) is 36.8 Å². The lowest BCUT2D eigenvalue weighted by Gasteiger charge is -2.44. The highest BCUT2D eigenvalue weighted by atomic mass is 31.0. The van der Waals surface area contributed by atoms with Gasteiger partial charge in [-0.15, -0.1) is 9.24 Å². The van der Waals surface area contributed by atoms with Gasteiger partial charge in [-0.3, -0.25) is 9.97 Å². The Balaban J connectivity index is 1.49. The summed E-state index contributed by atoms with van der Waals surface area (Å²) in [7, 11) is 2.68. The van der Waals surface area contributed by atoms with Gasteiger partial charge in [0.2, 0.25) is 5.95 Å². The number of nitrogens with zero attached hydrogens (tertiary/aromatic N) is 5. The molecule has 1 fully saturated rings. The fraction of sp³-hybridized carbons (Fsp3) is 0.278. The van der Waals surface area contributed by atoms with Crippen molar-refractivity contribution in [3.63, 3.8) is 0 Å². The summed E-state index contributed by atoms with van der Waals surface area (Å²) in [6.45, 7) is 0.521. The summed E-state index contributed by atoms with van der Waals surface area (Å²) in [6, 6.07) is 3.85. The first-order valence-corrected chi connectivity index (χ1v) is 9.12. The minimum absolute atomic E-state index is 0.345. The molecule has 0 spiro atoms. The lowest BCUT2D eigenvalue weighted by Crippen LogP contribution is -2.50. The van der Waals surface area contributed by atoms with Crippen LogP contribution < -0.4 is 16.4 Å². The number of nitrogens with two attached hydrogens (primary N) is 1. The molecule has 0 aliphatic heterocycles. The number of pyridine rings is 1. The van der Waals surface area contributed by atoms with Gasteiger partial charge in [0.15, 0.2) is 0 Å². The van der Waals surface area contributed by atoms with Crippen molar-refractivity contribution in [3.8, 4) is 11.3 Å². The normalized spacial score (nSPS) is 21.5. The molecule has 27 heavy (non-hydrogen) atoms. The van der Waals surface area contributed by atoms with Gasteiger partial charge < -0.3 is 11.1 Å². The number of hydrogen-bond acceptors (Lipinski definition) is 7. The lowest BCUT2D eigenvalue weighted by molar-refractivity contribution is 0.100. The lowest BCUT2D eigenvalue weighted by atomic mass is 9.65. The number of anilines is 2. The average Bonchev–Trinajstić information content (AvgIpc) is 2.66. The van der Waals surface area contributed by atoms with Crippen molar-refractivity contribution in [2.24, 2.45) is 0 Å². The number of halogens is 1. The second-order valence-corrected chi connectivity index (χ2v) is 7.32. The van der Waals surface area contributed by atoms with Gasteiger partial charge in [-0.2, -0.15) is 0 Å². The van der Waals surface area contributed by atoms with Crippen molar-refractivity contribution in [1.29, 1.82) is 0 Å². The van der Waals surface area contributed by atoms with Crippen LogP contribution in [0.15, 0.2) is 43.1 Å². The monoisotopic (exact) mass is 383 g/mol. The summed E-state index contributed by atoms with van der Waals surface area (Å²) in [5.74, 6) is 0.836. The SMILES string of the molecule is Nc1cnc(-c2cnc(NC[C@]3(c4ncccc4P)C[C@H](F)C3)nc2)cn1. The zero-order valence-electron chi connectivity index (χ0n) is 14.5. The van der Waals surface area contributed by atoms with E-state index in [1.165, 1.54) is 6.20 Å². The van der Waals surface area contributed by atoms with Gasteiger partial charge in [0.05, 0.1) is 23.8 Å². The Kier molecular flexibility index (Phi) is 4.66. The Morgan fingerprint density at radius 2 is 1.89 bits per heavy atom. The van der Waals surface area contributed by atoms with Crippen LogP contribution in [0.4, 0.5) is 16.2 Å². The molecule has 9 heteroatoms. The maximum atomic E-state index is 13.7. The molecule has 4 rings (SSSR count). The molecule has 1 unspecified atom stereocenters. The van der Waals surface area contributed by atoms with E-state index >= 15 is 0 Å². The van der Waals surface area contributed by atoms with Gasteiger partial charge >= 0.3 is 0 Å². The van der Waals surface area contributed by atoms with Crippen LogP contribution in [0, 0.1) is 0 Å². The van der Waals surface area contributed by atoms with Crippen LogP contribution in [-0.4, -0.2) is 37.6 Å². The van der Waals surface area contributed by atoms with Crippen molar-refractivity contribution in [2.75, 3.05) is 17.6 Å². The van der Waals surface area contributed by atoms with E-state index < -0.39 is 6.17 Å². The van der Waals surface area contributed by atoms with Crippen molar-refractivity contribution in [1.82, 2.24) is 24.9 Å². The molecule has 3 N–H and O–H groups in total. The number of nitrogen functional groups attached to an aromatic ring is 1. The molecule has 1 aliphatic rings. The van der Waals surface area contributed by atoms with Crippen molar-refractivity contribution in [3.05, 3.63) is 48.8 Å². The maximum absolute atomic E-state index is 13.7. The second kappa shape index (κ2) is 7.12. The third kappa shape index (κ3) is 3.57. The summed E-state index contributed by atoms with van der Waals surface area (Å²) < 4.78 is 13.7. The standard InChI is InChI=1S/C18H19FN7P/c19-12-4-18(5-12,16-14(27)2-1-3-21-16)10-26-17-24-6-11(7-25-17)13-8-23-15(20)9-22-13/h1-3,6-9,12H,4-5,10,27H2,(H2,20,23)(H,24,25,26)/t12-,18-. The zero-order chi connectivity index (χ0) is 18.9. The third-order valence-electron chi connectivity index (χ3n) is 4.77. The zero-order valence-corrected chi connectivity index (χ0v) is 15.7. The Labute approximate surface area is 158 Å². The van der Waals surface area contributed by atoms with Gasteiger partial charge in [0.1, 0.15) is 12.0 Å². The molecule has 3 aromatic rings. The number of rotatable bonds is 5. The van der Waals surface area contributed by atoms with Gasteiger partial charge in [0, 0.05) is 36.1 Å². The van der Waals surface area contributed by atoms with Crippen LogP contribution in [0.1, 0.15) is 18.5 Å². The Morgan fingerprint density at radius 1 is 1.11 bits per heavy atom. The first-order valence-electron chi connectivity index (χ1n) is 8.55. The maximum Gasteiger partial charge on any atom is 0.222 e. The molecule has 0 bridgehead atoms. The van der Waals surface area contributed by atoms with E-state index in [0.717, 1.165) is 16.6 Å². The molecule has 0 amide bonds. The molecule has 3 aromatic heterocycles. The van der Waals surface area contributed by atoms with E-state index in [1.807, 2.05) is 12.1 Å². The highest BCUT2D eigenvalue weighted by Crippen LogP contribution is 2.44. The predicted octanol–water partition coefficient (Wildman–Crippen LogP) is 1.89. The summed E-state index contributed by atoms with van der Waals surface area (Å²) in [4.78, 5) is 21.4. The van der Waals surface area contributed by atoms with Crippen molar-refractivity contribution < 1.29 is 4.39 Å². The summed E-state index contributed by atoms with van der Waals surface area (Å²) in [6.07, 6.45) is 8.23. The number of alkyl halides is 1. The molecule has 0 aromatic carbocycles. The molecule has 1 aliphatic carbocycles. The molecular formula is C18H19FN7P. The van der Waals surface area contributed by atoms with E-state index in [4.69, 9.17) is 5.73 Å². The fourth-order valence-corrected chi connectivity index (χ4v) is 3.85. The predicted molar refractivity (Wildman–Crippen MR) is 105 cm³/mol.